The second-order valence-corrected chi connectivity index (χ2v) is 8.55. The predicted molar refractivity (Wildman–Crippen MR) is 128 cm³/mol. The molecule has 0 aliphatic carbocycles. The smallest absolute Gasteiger partial charge is 0.329 e. The largest absolute Gasteiger partial charge is 0.493 e. The van der Waals surface area contributed by atoms with Crippen molar-refractivity contribution in [1.29, 1.82) is 0 Å². The van der Waals surface area contributed by atoms with Crippen molar-refractivity contribution in [3.05, 3.63) is 73.0 Å². The number of ether oxygens (including phenoxy) is 2. The monoisotopic (exact) mass is 616 g/mol. The minimum absolute atomic E-state index is 0.161. The lowest BCUT2D eigenvalue weighted by atomic mass is 10.1. The topological polar surface area (TPSA) is 67.9 Å². The highest BCUT2D eigenvalue weighted by Gasteiger charge is 2.32. The maximum absolute atomic E-state index is 12.4. The zero-order valence-electron chi connectivity index (χ0n) is 15.6. The van der Waals surface area contributed by atoms with E-state index in [0.29, 0.717) is 18.1 Å². The third kappa shape index (κ3) is 5.10. The first-order valence-electron chi connectivity index (χ1n) is 8.63. The number of amides is 3. The van der Waals surface area contributed by atoms with Gasteiger partial charge in [0.05, 0.1) is 10.7 Å². The Hall–Kier alpha value is -2.08. The molecule has 0 aromatic heterocycles. The summed E-state index contributed by atoms with van der Waals surface area (Å²) in [6, 6.07) is 11.3. The third-order valence-electron chi connectivity index (χ3n) is 4.13. The van der Waals surface area contributed by atoms with Crippen molar-refractivity contribution in [1.82, 2.24) is 10.2 Å². The molecule has 0 bridgehead atoms. The molecule has 1 aliphatic rings. The van der Waals surface area contributed by atoms with E-state index in [9.17, 15) is 9.59 Å². The molecule has 1 N–H and O–H groups in total. The van der Waals surface area contributed by atoms with Crippen molar-refractivity contribution < 1.29 is 19.1 Å². The van der Waals surface area contributed by atoms with Crippen molar-refractivity contribution in [3.63, 3.8) is 0 Å². The number of rotatable bonds is 7. The van der Waals surface area contributed by atoms with Crippen molar-refractivity contribution >= 4 is 63.2 Å². The molecule has 1 heterocycles. The summed E-state index contributed by atoms with van der Waals surface area (Å²) in [5, 5.41) is 2.59. The Morgan fingerprint density at radius 3 is 2.55 bits per heavy atom. The fourth-order valence-corrected chi connectivity index (χ4v) is 3.87. The first kappa shape index (κ1) is 21.6. The van der Waals surface area contributed by atoms with Crippen LogP contribution in [0, 0.1) is 7.14 Å². The van der Waals surface area contributed by atoms with E-state index in [2.05, 4.69) is 57.1 Å². The average Bonchev–Trinajstić information content (AvgIpc) is 2.96. The number of urea groups is 1. The third-order valence-corrected chi connectivity index (χ3v) is 5.65. The quantitative estimate of drug-likeness (QED) is 0.215. The Kier molecular flexibility index (Phi) is 7.17. The van der Waals surface area contributed by atoms with Gasteiger partial charge >= 0.3 is 6.03 Å². The molecule has 8 heteroatoms. The van der Waals surface area contributed by atoms with E-state index >= 15 is 0 Å². The molecule has 0 spiro atoms. The molecule has 0 radical (unpaired) electrons. The van der Waals surface area contributed by atoms with Gasteiger partial charge in [-0.25, -0.2) is 4.79 Å². The molecule has 2 aromatic carbocycles. The summed E-state index contributed by atoms with van der Waals surface area (Å²) in [5.41, 5.74) is 1.98. The summed E-state index contributed by atoms with van der Waals surface area (Å²) in [5.74, 6) is 0.792. The van der Waals surface area contributed by atoms with Crippen LogP contribution in [0.25, 0.3) is 6.08 Å². The highest BCUT2D eigenvalue weighted by Crippen LogP contribution is 2.35. The Labute approximate surface area is 196 Å². The fourth-order valence-electron chi connectivity index (χ4n) is 2.73. The number of methoxy groups -OCH3 is 1. The lowest BCUT2D eigenvalue weighted by Gasteiger charge is -2.14. The second kappa shape index (κ2) is 9.61. The normalized spacial score (nSPS) is 14.9. The van der Waals surface area contributed by atoms with Gasteiger partial charge in [-0.2, -0.15) is 0 Å². The van der Waals surface area contributed by atoms with Crippen LogP contribution in [0.5, 0.6) is 11.5 Å². The number of nitrogens with zero attached hydrogens (tertiary/aromatic N) is 1. The van der Waals surface area contributed by atoms with E-state index in [1.165, 1.54) is 6.08 Å². The minimum atomic E-state index is -0.458. The van der Waals surface area contributed by atoms with E-state index in [1.54, 1.807) is 19.3 Å². The van der Waals surface area contributed by atoms with Gasteiger partial charge in [0.2, 0.25) is 0 Å². The van der Waals surface area contributed by atoms with Gasteiger partial charge in [0.15, 0.2) is 11.5 Å². The standard InChI is InChI=1S/C21H18I2N2O4/c1-3-8-25-20(26)17(24-21(25)27)10-14-9-16(23)19(18(11-14)28-2)29-12-13-4-6-15(22)7-5-13/h3-7,9-11H,1,8,12H2,2H3,(H,24,27)/b17-10+. The highest BCUT2D eigenvalue weighted by molar-refractivity contribution is 14.1. The number of carbonyl (C=O) groups excluding carboxylic acids is 2. The predicted octanol–water partition coefficient (Wildman–Crippen LogP) is 4.56. The van der Waals surface area contributed by atoms with Crippen LogP contribution in [0.3, 0.4) is 0 Å². The maximum Gasteiger partial charge on any atom is 0.329 e. The zero-order valence-corrected chi connectivity index (χ0v) is 19.9. The van der Waals surface area contributed by atoms with Crippen molar-refractivity contribution in [3.8, 4) is 11.5 Å². The molecule has 150 valence electrons. The van der Waals surface area contributed by atoms with Gasteiger partial charge in [-0.3, -0.25) is 9.69 Å². The lowest BCUT2D eigenvalue weighted by molar-refractivity contribution is -0.122. The van der Waals surface area contributed by atoms with Crippen LogP contribution in [0.1, 0.15) is 11.1 Å². The zero-order chi connectivity index (χ0) is 21.0. The number of hydrogen-bond acceptors (Lipinski definition) is 4. The molecule has 0 unspecified atom stereocenters. The maximum atomic E-state index is 12.4. The molecule has 0 atom stereocenters. The van der Waals surface area contributed by atoms with Gasteiger partial charge in [-0.1, -0.05) is 18.2 Å². The molecule has 3 rings (SSSR count). The Morgan fingerprint density at radius 1 is 1.17 bits per heavy atom. The van der Waals surface area contributed by atoms with Crippen molar-refractivity contribution in [2.75, 3.05) is 13.7 Å². The molecule has 3 amide bonds. The summed E-state index contributed by atoms with van der Waals surface area (Å²) < 4.78 is 13.5. The molecule has 1 fully saturated rings. The van der Waals surface area contributed by atoms with E-state index in [0.717, 1.165) is 23.2 Å². The van der Waals surface area contributed by atoms with Crippen LogP contribution in [0.2, 0.25) is 0 Å². The summed E-state index contributed by atoms with van der Waals surface area (Å²) in [6.07, 6.45) is 3.13. The second-order valence-electron chi connectivity index (χ2n) is 6.14. The molecule has 6 nitrogen and oxygen atoms in total. The molecule has 29 heavy (non-hydrogen) atoms. The highest BCUT2D eigenvalue weighted by atomic mass is 127. The van der Waals surface area contributed by atoms with Gasteiger partial charge in [-0.05, 0) is 86.7 Å². The Morgan fingerprint density at radius 2 is 1.90 bits per heavy atom. The van der Waals surface area contributed by atoms with Gasteiger partial charge in [-0.15, -0.1) is 6.58 Å². The van der Waals surface area contributed by atoms with E-state index in [4.69, 9.17) is 9.47 Å². The van der Waals surface area contributed by atoms with Crippen molar-refractivity contribution in [2.45, 2.75) is 6.61 Å². The van der Waals surface area contributed by atoms with Gasteiger partial charge < -0.3 is 14.8 Å². The summed E-state index contributed by atoms with van der Waals surface area (Å²) in [6.45, 7) is 4.14. The molecule has 0 saturated carbocycles. The molecular formula is C21H18I2N2O4. The lowest BCUT2D eigenvalue weighted by Crippen LogP contribution is -2.30. The molecular weight excluding hydrogens is 598 g/mol. The number of imide groups is 1. The van der Waals surface area contributed by atoms with E-state index < -0.39 is 6.03 Å². The van der Waals surface area contributed by atoms with Crippen LogP contribution >= 0.6 is 45.2 Å². The van der Waals surface area contributed by atoms with Crippen LogP contribution < -0.4 is 14.8 Å². The van der Waals surface area contributed by atoms with Gasteiger partial charge in [0.1, 0.15) is 12.3 Å². The number of halogens is 2. The first-order chi connectivity index (χ1) is 13.9. The Bertz CT molecular complexity index is 987. The van der Waals surface area contributed by atoms with E-state index in [1.807, 2.05) is 30.3 Å². The van der Waals surface area contributed by atoms with Gasteiger partial charge in [0, 0.05) is 10.1 Å². The summed E-state index contributed by atoms with van der Waals surface area (Å²) >= 11 is 4.42. The van der Waals surface area contributed by atoms with Crippen LogP contribution in [0.15, 0.2) is 54.8 Å². The number of nitrogens with one attached hydrogen (secondary N) is 1. The number of carbonyl (C=O) groups is 2. The average molecular weight is 616 g/mol. The first-order valence-corrected chi connectivity index (χ1v) is 10.8. The van der Waals surface area contributed by atoms with Crippen LogP contribution in [-0.2, 0) is 11.4 Å². The summed E-state index contributed by atoms with van der Waals surface area (Å²) in [4.78, 5) is 25.4. The number of benzene rings is 2. The summed E-state index contributed by atoms with van der Waals surface area (Å²) in [7, 11) is 1.56. The van der Waals surface area contributed by atoms with Crippen LogP contribution in [0.4, 0.5) is 4.79 Å². The van der Waals surface area contributed by atoms with Gasteiger partial charge in [0.25, 0.3) is 5.91 Å². The van der Waals surface area contributed by atoms with Crippen molar-refractivity contribution in [2.24, 2.45) is 0 Å². The van der Waals surface area contributed by atoms with E-state index in [-0.39, 0.29) is 18.1 Å². The SMILES string of the molecule is C=CCN1C(=O)N/C(=C/c2cc(I)c(OCc3ccc(I)cc3)c(OC)c2)C1=O. The Balaban J connectivity index is 1.83. The fraction of sp³-hybridized carbons (Fsp3) is 0.143. The van der Waals surface area contributed by atoms with Crippen LogP contribution in [-0.4, -0.2) is 30.5 Å². The molecule has 2 aromatic rings. The molecule has 1 saturated heterocycles. The number of hydrogen-bond donors (Lipinski definition) is 1. The minimum Gasteiger partial charge on any atom is -0.493 e. The molecule has 1 aliphatic heterocycles.